The van der Waals surface area contributed by atoms with Crippen molar-refractivity contribution in [1.82, 2.24) is 14.5 Å². The summed E-state index contributed by atoms with van der Waals surface area (Å²) < 4.78 is 58.9. The Kier molecular flexibility index (Phi) is 6.07. The third-order valence-electron chi connectivity index (χ3n) is 5.13. The quantitative estimate of drug-likeness (QED) is 0.362. The lowest BCUT2D eigenvalue weighted by Gasteiger charge is -2.16. The molecule has 1 amide bonds. The molecule has 12 heteroatoms. The lowest BCUT2D eigenvalue weighted by Crippen LogP contribution is -2.21. The first kappa shape index (κ1) is 24.0. The molecule has 0 bridgehead atoms. The molecule has 4 rings (SSSR count). The number of rotatable bonds is 5. The molecule has 35 heavy (non-hydrogen) atoms. The fourth-order valence-corrected chi connectivity index (χ4v) is 3.69. The van der Waals surface area contributed by atoms with Gasteiger partial charge in [-0.05, 0) is 36.8 Å². The van der Waals surface area contributed by atoms with Crippen LogP contribution in [0.3, 0.4) is 0 Å². The van der Waals surface area contributed by atoms with Crippen LogP contribution in [0.25, 0.3) is 22.2 Å². The zero-order valence-electron chi connectivity index (χ0n) is 18.4. The molecule has 2 heterocycles. The van der Waals surface area contributed by atoms with E-state index in [4.69, 9.17) is 5.73 Å². The van der Waals surface area contributed by atoms with Gasteiger partial charge in [-0.3, -0.25) is 4.79 Å². The van der Waals surface area contributed by atoms with Crippen LogP contribution in [0.15, 0.2) is 48.7 Å². The molecular weight excluding hydrogens is 470 g/mol. The van der Waals surface area contributed by atoms with Crippen molar-refractivity contribution < 1.29 is 32.2 Å². The lowest BCUT2D eigenvalue weighted by molar-refractivity contribution is -0.274. The molecule has 0 saturated carbocycles. The van der Waals surface area contributed by atoms with Crippen molar-refractivity contribution in [1.29, 1.82) is 0 Å². The second-order valence-electron chi connectivity index (χ2n) is 7.71. The molecule has 2 aromatic heterocycles. The molecule has 4 aromatic rings. The number of anilines is 2. The number of carbonyl (C=O) groups excluding carboxylic acids is 1. The number of aromatic nitrogens is 3. The Bertz CT molecular complexity index is 1430. The number of alkyl halides is 3. The summed E-state index contributed by atoms with van der Waals surface area (Å²) in [6, 6.07) is 8.36. The third-order valence-corrected chi connectivity index (χ3v) is 5.13. The standard InChI is InChI=1S/C23H19F4N5O3/c1-11-29-20(28)18-16(10-32(2)21(18)30-11)15-7-6-14(9-17(15)35-23(25,26)27)31-22(34)19(33)12-4-3-5-13(24)8-12/h3-10,19,33H,1-2H3,(H,31,34)(H2,28,29,30). The van der Waals surface area contributed by atoms with E-state index in [1.807, 2.05) is 0 Å². The van der Waals surface area contributed by atoms with E-state index in [1.165, 1.54) is 24.3 Å². The Hall–Kier alpha value is -4.19. The highest BCUT2D eigenvalue weighted by atomic mass is 19.4. The smallest absolute Gasteiger partial charge is 0.405 e. The van der Waals surface area contributed by atoms with E-state index in [2.05, 4.69) is 20.0 Å². The summed E-state index contributed by atoms with van der Waals surface area (Å²) in [4.78, 5) is 20.8. The number of halogens is 4. The number of aliphatic hydroxyl groups excluding tert-OH is 1. The Labute approximate surface area is 196 Å². The average molecular weight is 489 g/mol. The highest BCUT2D eigenvalue weighted by molar-refractivity contribution is 6.02. The lowest BCUT2D eigenvalue weighted by atomic mass is 10.0. The zero-order chi connectivity index (χ0) is 25.5. The van der Waals surface area contributed by atoms with E-state index in [-0.39, 0.29) is 28.2 Å². The maximum absolute atomic E-state index is 13.4. The van der Waals surface area contributed by atoms with Crippen LogP contribution >= 0.6 is 0 Å². The van der Waals surface area contributed by atoms with Crippen molar-refractivity contribution >= 4 is 28.4 Å². The van der Waals surface area contributed by atoms with Crippen LogP contribution in [0.2, 0.25) is 0 Å². The molecule has 8 nitrogen and oxygen atoms in total. The van der Waals surface area contributed by atoms with Crippen molar-refractivity contribution in [2.75, 3.05) is 11.1 Å². The van der Waals surface area contributed by atoms with Gasteiger partial charge in [-0.25, -0.2) is 14.4 Å². The summed E-state index contributed by atoms with van der Waals surface area (Å²) in [5.74, 6) is -1.78. The fraction of sp³-hybridized carbons (Fsp3) is 0.174. The number of aliphatic hydroxyl groups is 1. The zero-order valence-corrected chi connectivity index (χ0v) is 18.4. The summed E-state index contributed by atoms with van der Waals surface area (Å²) >= 11 is 0. The molecule has 0 fully saturated rings. The summed E-state index contributed by atoms with van der Waals surface area (Å²) in [7, 11) is 1.66. The van der Waals surface area contributed by atoms with Crippen LogP contribution < -0.4 is 15.8 Å². The monoisotopic (exact) mass is 489 g/mol. The van der Waals surface area contributed by atoms with Crippen molar-refractivity contribution in [3.05, 3.63) is 65.9 Å². The first-order valence-electron chi connectivity index (χ1n) is 10.2. The highest BCUT2D eigenvalue weighted by Crippen LogP contribution is 2.41. The van der Waals surface area contributed by atoms with E-state index < -0.39 is 29.9 Å². The number of fused-ring (bicyclic) bond motifs is 1. The number of nitrogen functional groups attached to an aromatic ring is 1. The number of nitrogens with two attached hydrogens (primary N) is 1. The minimum Gasteiger partial charge on any atom is -0.405 e. The van der Waals surface area contributed by atoms with E-state index in [1.54, 1.807) is 24.7 Å². The predicted octanol–water partition coefficient (Wildman–Crippen LogP) is 4.24. The molecule has 0 radical (unpaired) electrons. The first-order valence-corrected chi connectivity index (χ1v) is 10.2. The second-order valence-corrected chi connectivity index (χ2v) is 7.71. The van der Waals surface area contributed by atoms with Gasteiger partial charge < -0.3 is 25.5 Å². The first-order chi connectivity index (χ1) is 16.4. The van der Waals surface area contributed by atoms with Crippen LogP contribution in [0.4, 0.5) is 29.1 Å². The topological polar surface area (TPSA) is 115 Å². The van der Waals surface area contributed by atoms with Crippen LogP contribution in [-0.2, 0) is 11.8 Å². The number of hydrogen-bond donors (Lipinski definition) is 3. The minimum absolute atomic E-state index is 0.0209. The van der Waals surface area contributed by atoms with Crippen LogP contribution in [-0.4, -0.2) is 31.9 Å². The van der Waals surface area contributed by atoms with Crippen molar-refractivity contribution in [3.63, 3.8) is 0 Å². The van der Waals surface area contributed by atoms with Crippen molar-refractivity contribution in [3.8, 4) is 16.9 Å². The molecule has 0 aliphatic heterocycles. The molecule has 0 saturated heterocycles. The van der Waals surface area contributed by atoms with Crippen LogP contribution in [0, 0.1) is 12.7 Å². The molecule has 4 N–H and O–H groups in total. The number of nitrogens with zero attached hydrogens (tertiary/aromatic N) is 3. The SMILES string of the molecule is Cc1nc(N)c2c(-c3ccc(NC(=O)C(O)c4cccc(F)c4)cc3OC(F)(F)F)cn(C)c2n1. The van der Waals surface area contributed by atoms with E-state index in [9.17, 15) is 27.5 Å². The number of carbonyl (C=O) groups is 1. The van der Waals surface area contributed by atoms with Crippen LogP contribution in [0.5, 0.6) is 5.75 Å². The number of amides is 1. The van der Waals surface area contributed by atoms with Gasteiger partial charge in [0.15, 0.2) is 6.10 Å². The number of hydrogen-bond acceptors (Lipinski definition) is 6. The minimum atomic E-state index is -5.04. The van der Waals surface area contributed by atoms with Gasteiger partial charge in [0.25, 0.3) is 5.91 Å². The molecule has 1 unspecified atom stereocenters. The number of aryl methyl sites for hydroxylation is 2. The molecular formula is C23H19F4N5O3. The molecule has 0 aliphatic rings. The summed E-state index contributed by atoms with van der Waals surface area (Å²) in [5.41, 5.74) is 6.66. The maximum atomic E-state index is 13.4. The van der Waals surface area contributed by atoms with Gasteiger partial charge >= 0.3 is 6.36 Å². The van der Waals surface area contributed by atoms with Crippen LogP contribution in [0.1, 0.15) is 17.5 Å². The van der Waals surface area contributed by atoms with Gasteiger partial charge in [-0.1, -0.05) is 12.1 Å². The Morgan fingerprint density at radius 1 is 1.17 bits per heavy atom. The predicted molar refractivity (Wildman–Crippen MR) is 120 cm³/mol. The van der Waals surface area contributed by atoms with Gasteiger partial charge in [0.2, 0.25) is 0 Å². The van der Waals surface area contributed by atoms with E-state index in [0.717, 1.165) is 18.2 Å². The van der Waals surface area contributed by atoms with E-state index in [0.29, 0.717) is 16.9 Å². The molecule has 1 atom stereocenters. The maximum Gasteiger partial charge on any atom is 0.573 e. The summed E-state index contributed by atoms with van der Waals surface area (Å²) in [5, 5.41) is 12.9. The normalized spacial score (nSPS) is 12.5. The molecule has 0 aliphatic carbocycles. The molecule has 182 valence electrons. The Morgan fingerprint density at radius 2 is 1.91 bits per heavy atom. The Morgan fingerprint density at radius 3 is 2.60 bits per heavy atom. The largest absolute Gasteiger partial charge is 0.573 e. The van der Waals surface area contributed by atoms with Gasteiger partial charge in [0, 0.05) is 36.1 Å². The number of nitrogens with one attached hydrogen (secondary N) is 1. The van der Waals surface area contributed by atoms with Gasteiger partial charge in [-0.2, -0.15) is 0 Å². The molecule has 0 spiro atoms. The summed E-state index contributed by atoms with van der Waals surface area (Å²) in [6.07, 6.45) is -5.25. The Balaban J connectivity index is 1.74. The van der Waals surface area contributed by atoms with E-state index >= 15 is 0 Å². The van der Waals surface area contributed by atoms with Gasteiger partial charge in [0.05, 0.1) is 5.39 Å². The fourth-order valence-electron chi connectivity index (χ4n) is 3.69. The number of ether oxygens (including phenoxy) is 1. The summed E-state index contributed by atoms with van der Waals surface area (Å²) in [6.45, 7) is 1.64. The number of benzene rings is 2. The van der Waals surface area contributed by atoms with Crippen molar-refractivity contribution in [2.45, 2.75) is 19.4 Å². The van der Waals surface area contributed by atoms with Gasteiger partial charge in [-0.15, -0.1) is 13.2 Å². The average Bonchev–Trinajstić information content (AvgIpc) is 3.08. The molecule has 2 aromatic carbocycles. The highest BCUT2D eigenvalue weighted by Gasteiger charge is 2.33. The van der Waals surface area contributed by atoms with Gasteiger partial charge in [0.1, 0.15) is 28.9 Å². The van der Waals surface area contributed by atoms with Crippen molar-refractivity contribution in [2.24, 2.45) is 7.05 Å². The second kappa shape index (κ2) is 8.87. The third kappa shape index (κ3) is 5.01.